The van der Waals surface area contributed by atoms with Crippen LogP contribution in [0.4, 0.5) is 5.69 Å². The van der Waals surface area contributed by atoms with E-state index in [0.717, 1.165) is 17.2 Å². The van der Waals surface area contributed by atoms with Gasteiger partial charge in [-0.05, 0) is 42.3 Å². The molecule has 20 heavy (non-hydrogen) atoms. The fourth-order valence-corrected chi connectivity index (χ4v) is 1.63. The van der Waals surface area contributed by atoms with E-state index in [1.54, 1.807) is 30.3 Å². The molecule has 0 unspecified atom stereocenters. The Labute approximate surface area is 116 Å². The van der Waals surface area contributed by atoms with Gasteiger partial charge in [0, 0.05) is 12.1 Å². The number of hydrogen-bond acceptors (Lipinski definition) is 4. The number of carboxylic acids is 1. The van der Waals surface area contributed by atoms with Crippen LogP contribution in [0.2, 0.25) is 0 Å². The Morgan fingerprint density at radius 3 is 2.75 bits per heavy atom. The van der Waals surface area contributed by atoms with E-state index in [-0.39, 0.29) is 0 Å². The molecule has 1 aromatic heterocycles. The SMILES string of the molecule is Cc1cc(Oc2ccc(N)cn2)ccc1C=CC(=O)O. The van der Waals surface area contributed by atoms with Gasteiger partial charge < -0.3 is 15.6 Å². The van der Waals surface area contributed by atoms with Gasteiger partial charge in [0.15, 0.2) is 0 Å². The van der Waals surface area contributed by atoms with Gasteiger partial charge in [-0.2, -0.15) is 0 Å². The molecule has 0 saturated heterocycles. The molecule has 0 aliphatic heterocycles. The van der Waals surface area contributed by atoms with Crippen LogP contribution in [0.5, 0.6) is 11.6 Å². The van der Waals surface area contributed by atoms with Crippen LogP contribution in [0.3, 0.4) is 0 Å². The minimum Gasteiger partial charge on any atom is -0.478 e. The van der Waals surface area contributed by atoms with Crippen molar-refractivity contribution >= 4 is 17.7 Å². The number of pyridine rings is 1. The van der Waals surface area contributed by atoms with Crippen LogP contribution in [0.25, 0.3) is 6.08 Å². The molecule has 0 aliphatic carbocycles. The summed E-state index contributed by atoms with van der Waals surface area (Å²) >= 11 is 0. The largest absolute Gasteiger partial charge is 0.478 e. The zero-order valence-electron chi connectivity index (χ0n) is 10.9. The van der Waals surface area contributed by atoms with Gasteiger partial charge in [0.25, 0.3) is 0 Å². The second-order valence-corrected chi connectivity index (χ2v) is 4.22. The molecule has 0 radical (unpaired) electrons. The Kier molecular flexibility index (Phi) is 4.00. The van der Waals surface area contributed by atoms with Gasteiger partial charge in [-0.15, -0.1) is 0 Å². The summed E-state index contributed by atoms with van der Waals surface area (Å²) in [4.78, 5) is 14.5. The first-order valence-corrected chi connectivity index (χ1v) is 5.95. The molecule has 1 heterocycles. The number of nitrogens with two attached hydrogens (primary N) is 1. The number of carbonyl (C=O) groups is 1. The number of nitrogen functional groups attached to an aromatic ring is 1. The first-order chi connectivity index (χ1) is 9.54. The number of aromatic nitrogens is 1. The summed E-state index contributed by atoms with van der Waals surface area (Å²) in [5, 5.41) is 8.61. The Morgan fingerprint density at radius 1 is 1.35 bits per heavy atom. The van der Waals surface area contributed by atoms with Gasteiger partial charge >= 0.3 is 5.97 Å². The predicted octanol–water partition coefficient (Wildman–Crippen LogP) is 2.86. The van der Waals surface area contributed by atoms with Crippen molar-refractivity contribution in [3.8, 4) is 11.6 Å². The third kappa shape index (κ3) is 3.58. The first-order valence-electron chi connectivity index (χ1n) is 5.95. The lowest BCUT2D eigenvalue weighted by Crippen LogP contribution is -1.92. The van der Waals surface area contributed by atoms with Gasteiger partial charge in [-0.1, -0.05) is 6.07 Å². The van der Waals surface area contributed by atoms with E-state index >= 15 is 0 Å². The van der Waals surface area contributed by atoms with Gasteiger partial charge in [-0.3, -0.25) is 0 Å². The number of carboxylic acid groups (broad SMARTS) is 1. The minimum absolute atomic E-state index is 0.451. The fourth-order valence-electron chi connectivity index (χ4n) is 1.63. The molecule has 0 atom stereocenters. The van der Waals surface area contributed by atoms with Crippen molar-refractivity contribution in [2.45, 2.75) is 6.92 Å². The number of ether oxygens (including phenoxy) is 1. The van der Waals surface area contributed by atoms with Gasteiger partial charge in [-0.25, -0.2) is 9.78 Å². The molecule has 1 aromatic carbocycles. The number of aryl methyl sites for hydroxylation is 1. The van der Waals surface area contributed by atoms with E-state index in [4.69, 9.17) is 15.6 Å². The highest BCUT2D eigenvalue weighted by Gasteiger charge is 2.02. The number of benzene rings is 1. The highest BCUT2D eigenvalue weighted by molar-refractivity contribution is 5.85. The van der Waals surface area contributed by atoms with E-state index in [9.17, 15) is 4.79 Å². The lowest BCUT2D eigenvalue weighted by atomic mass is 10.1. The zero-order chi connectivity index (χ0) is 14.5. The quantitative estimate of drug-likeness (QED) is 0.834. The standard InChI is InChI=1S/C15H14N2O3/c1-10-8-13(5-2-11(10)3-7-15(18)19)20-14-6-4-12(16)9-17-14/h2-9H,16H2,1H3,(H,18,19). The molecule has 2 aromatic rings. The molecule has 0 saturated carbocycles. The van der Waals surface area contributed by atoms with E-state index in [0.29, 0.717) is 17.3 Å². The predicted molar refractivity (Wildman–Crippen MR) is 76.6 cm³/mol. The van der Waals surface area contributed by atoms with Crippen LogP contribution in [0, 0.1) is 6.92 Å². The summed E-state index contributed by atoms with van der Waals surface area (Å²) < 4.78 is 5.59. The molecule has 0 amide bonds. The van der Waals surface area contributed by atoms with Crippen molar-refractivity contribution in [1.82, 2.24) is 4.98 Å². The smallest absolute Gasteiger partial charge is 0.328 e. The Hall–Kier alpha value is -2.82. The molecule has 5 heteroatoms. The zero-order valence-corrected chi connectivity index (χ0v) is 10.9. The summed E-state index contributed by atoms with van der Waals surface area (Å²) in [5.74, 6) is 0.107. The summed E-state index contributed by atoms with van der Waals surface area (Å²) in [5.41, 5.74) is 7.86. The van der Waals surface area contributed by atoms with Crippen molar-refractivity contribution in [3.63, 3.8) is 0 Å². The number of rotatable bonds is 4. The summed E-state index contributed by atoms with van der Waals surface area (Å²) in [6.45, 7) is 1.88. The average molecular weight is 270 g/mol. The van der Waals surface area contributed by atoms with Gasteiger partial charge in [0.05, 0.1) is 11.9 Å². The fraction of sp³-hybridized carbons (Fsp3) is 0.0667. The summed E-state index contributed by atoms with van der Waals surface area (Å²) in [6.07, 6.45) is 4.17. The Bertz CT molecular complexity index is 649. The molecule has 3 N–H and O–H groups in total. The van der Waals surface area contributed by atoms with E-state index in [1.165, 1.54) is 6.20 Å². The number of aliphatic carboxylic acids is 1. The second-order valence-electron chi connectivity index (χ2n) is 4.22. The molecule has 5 nitrogen and oxygen atoms in total. The maximum absolute atomic E-state index is 10.5. The highest BCUT2D eigenvalue weighted by atomic mass is 16.5. The Morgan fingerprint density at radius 2 is 2.15 bits per heavy atom. The van der Waals surface area contributed by atoms with Crippen molar-refractivity contribution in [3.05, 3.63) is 53.7 Å². The van der Waals surface area contributed by atoms with Crippen LogP contribution < -0.4 is 10.5 Å². The van der Waals surface area contributed by atoms with Crippen molar-refractivity contribution in [1.29, 1.82) is 0 Å². The third-order valence-corrected chi connectivity index (χ3v) is 2.63. The van der Waals surface area contributed by atoms with Crippen LogP contribution in [-0.4, -0.2) is 16.1 Å². The van der Waals surface area contributed by atoms with Gasteiger partial charge in [0.1, 0.15) is 5.75 Å². The average Bonchev–Trinajstić information content (AvgIpc) is 2.40. The first kappa shape index (κ1) is 13.6. The van der Waals surface area contributed by atoms with Crippen LogP contribution in [0.1, 0.15) is 11.1 Å². The lowest BCUT2D eigenvalue weighted by molar-refractivity contribution is -0.131. The van der Waals surface area contributed by atoms with Gasteiger partial charge in [0.2, 0.25) is 5.88 Å². The molecule has 0 bridgehead atoms. The molecular weight excluding hydrogens is 256 g/mol. The van der Waals surface area contributed by atoms with E-state index < -0.39 is 5.97 Å². The second kappa shape index (κ2) is 5.88. The summed E-state index contributed by atoms with van der Waals surface area (Å²) in [7, 11) is 0. The number of hydrogen-bond donors (Lipinski definition) is 2. The summed E-state index contributed by atoms with van der Waals surface area (Å²) in [6, 6.07) is 8.76. The minimum atomic E-state index is -0.976. The van der Waals surface area contributed by atoms with Crippen molar-refractivity contribution in [2.75, 3.05) is 5.73 Å². The number of anilines is 1. The maximum atomic E-state index is 10.5. The number of nitrogens with zero attached hydrogens (tertiary/aromatic N) is 1. The third-order valence-electron chi connectivity index (χ3n) is 2.63. The van der Waals surface area contributed by atoms with Crippen molar-refractivity contribution in [2.24, 2.45) is 0 Å². The highest BCUT2D eigenvalue weighted by Crippen LogP contribution is 2.23. The molecule has 2 rings (SSSR count). The van der Waals surface area contributed by atoms with E-state index in [1.807, 2.05) is 13.0 Å². The molecule has 0 spiro atoms. The van der Waals surface area contributed by atoms with Crippen LogP contribution in [0.15, 0.2) is 42.6 Å². The Balaban J connectivity index is 2.16. The van der Waals surface area contributed by atoms with Crippen LogP contribution >= 0.6 is 0 Å². The maximum Gasteiger partial charge on any atom is 0.328 e. The van der Waals surface area contributed by atoms with E-state index in [2.05, 4.69) is 4.98 Å². The lowest BCUT2D eigenvalue weighted by Gasteiger charge is -2.07. The molecule has 0 aliphatic rings. The van der Waals surface area contributed by atoms with Crippen LogP contribution in [-0.2, 0) is 4.79 Å². The molecular formula is C15H14N2O3. The molecule has 0 fully saturated rings. The van der Waals surface area contributed by atoms with Crippen molar-refractivity contribution < 1.29 is 14.6 Å². The molecule has 102 valence electrons. The monoisotopic (exact) mass is 270 g/mol. The normalized spacial score (nSPS) is 10.7. The topological polar surface area (TPSA) is 85.4 Å².